The molecule has 1 aliphatic rings. The second-order valence-electron chi connectivity index (χ2n) is 4.49. The summed E-state index contributed by atoms with van der Waals surface area (Å²) in [5.74, 6) is 0.869. The van der Waals surface area contributed by atoms with E-state index in [4.69, 9.17) is 9.72 Å². The van der Waals surface area contributed by atoms with Gasteiger partial charge in [-0.05, 0) is 25.0 Å². The number of pyridine rings is 1. The molecule has 0 unspecified atom stereocenters. The van der Waals surface area contributed by atoms with Crippen LogP contribution in [0.5, 0.6) is 5.75 Å². The summed E-state index contributed by atoms with van der Waals surface area (Å²) in [6.45, 7) is 4.37. The van der Waals surface area contributed by atoms with Crippen LogP contribution >= 0.6 is 11.8 Å². The van der Waals surface area contributed by atoms with Gasteiger partial charge in [0.15, 0.2) is 0 Å². The van der Waals surface area contributed by atoms with Crippen molar-refractivity contribution in [1.29, 1.82) is 0 Å². The van der Waals surface area contributed by atoms with E-state index in [1.54, 1.807) is 7.11 Å². The number of rotatable bonds is 1. The van der Waals surface area contributed by atoms with E-state index < -0.39 is 0 Å². The molecule has 0 spiro atoms. The number of hydrogen-bond donors (Lipinski definition) is 0. The number of aromatic nitrogens is 1. The first-order valence-electron chi connectivity index (χ1n) is 5.83. The van der Waals surface area contributed by atoms with Crippen LogP contribution in [0, 0.1) is 6.92 Å². The summed E-state index contributed by atoms with van der Waals surface area (Å²) in [5, 5.41) is 1.89. The maximum absolute atomic E-state index is 5.40. The molecule has 17 heavy (non-hydrogen) atoms. The number of para-hydroxylation sites is 1. The van der Waals surface area contributed by atoms with Gasteiger partial charge in [-0.2, -0.15) is 0 Å². The number of benzene rings is 1. The molecule has 1 aliphatic heterocycles. The van der Waals surface area contributed by atoms with Crippen molar-refractivity contribution >= 4 is 22.7 Å². The number of hydrogen-bond acceptors (Lipinski definition) is 3. The molecule has 2 aromatic rings. The lowest BCUT2D eigenvalue weighted by atomic mass is 10.1. The normalized spacial score (nSPS) is 18.4. The number of aryl methyl sites for hydroxylation is 1. The van der Waals surface area contributed by atoms with Crippen molar-refractivity contribution in [3.05, 3.63) is 29.5 Å². The molecular formula is C14H15NOS. The Morgan fingerprint density at radius 3 is 3.00 bits per heavy atom. The third kappa shape index (κ3) is 1.61. The van der Waals surface area contributed by atoms with Crippen LogP contribution in [0.3, 0.4) is 0 Å². The monoisotopic (exact) mass is 245 g/mol. The van der Waals surface area contributed by atoms with E-state index in [1.807, 2.05) is 23.9 Å². The molecule has 0 saturated carbocycles. The van der Waals surface area contributed by atoms with Crippen molar-refractivity contribution in [2.45, 2.75) is 30.4 Å². The van der Waals surface area contributed by atoms with Gasteiger partial charge in [-0.3, -0.25) is 0 Å². The molecule has 0 bridgehead atoms. The molecule has 1 aromatic carbocycles. The molecule has 1 aromatic heterocycles. The Labute approximate surface area is 105 Å². The van der Waals surface area contributed by atoms with Crippen molar-refractivity contribution < 1.29 is 4.74 Å². The maximum atomic E-state index is 5.40. The maximum Gasteiger partial charge on any atom is 0.145 e. The minimum atomic E-state index is 0.655. The Morgan fingerprint density at radius 1 is 1.41 bits per heavy atom. The van der Waals surface area contributed by atoms with Crippen molar-refractivity contribution in [1.82, 2.24) is 4.98 Å². The molecule has 0 radical (unpaired) electrons. The molecule has 0 N–H and O–H groups in total. The SMILES string of the molecule is COc1cccc2c3c(c(C)nc12)C[C@@H](C)S3. The molecule has 0 saturated heterocycles. The fourth-order valence-electron chi connectivity index (χ4n) is 2.45. The molecule has 0 amide bonds. The molecule has 3 heteroatoms. The fraction of sp³-hybridized carbons (Fsp3) is 0.357. The summed E-state index contributed by atoms with van der Waals surface area (Å²) in [6, 6.07) is 6.17. The van der Waals surface area contributed by atoms with E-state index in [0.29, 0.717) is 5.25 Å². The van der Waals surface area contributed by atoms with Gasteiger partial charge in [0.25, 0.3) is 0 Å². The average molecular weight is 245 g/mol. The van der Waals surface area contributed by atoms with Gasteiger partial charge < -0.3 is 4.74 Å². The summed E-state index contributed by atoms with van der Waals surface area (Å²) >= 11 is 1.96. The molecule has 88 valence electrons. The van der Waals surface area contributed by atoms with Crippen molar-refractivity contribution in [2.75, 3.05) is 7.11 Å². The molecule has 2 heterocycles. The minimum absolute atomic E-state index is 0.655. The Kier molecular flexibility index (Phi) is 2.51. The highest BCUT2D eigenvalue weighted by atomic mass is 32.2. The van der Waals surface area contributed by atoms with E-state index in [2.05, 4.69) is 19.9 Å². The van der Waals surface area contributed by atoms with Crippen LogP contribution in [0.15, 0.2) is 23.1 Å². The highest BCUT2D eigenvalue weighted by Gasteiger charge is 2.24. The lowest BCUT2D eigenvalue weighted by molar-refractivity contribution is 0.418. The molecule has 3 rings (SSSR count). The first-order valence-corrected chi connectivity index (χ1v) is 6.71. The molecule has 1 atom stereocenters. The van der Waals surface area contributed by atoms with Crippen LogP contribution in [0.1, 0.15) is 18.2 Å². The van der Waals surface area contributed by atoms with Crippen LogP contribution < -0.4 is 4.74 Å². The Bertz CT molecular complexity index is 594. The number of ether oxygens (including phenoxy) is 1. The predicted molar refractivity (Wildman–Crippen MR) is 72.1 cm³/mol. The highest BCUT2D eigenvalue weighted by molar-refractivity contribution is 8.00. The van der Waals surface area contributed by atoms with E-state index in [0.717, 1.165) is 23.4 Å². The second-order valence-corrected chi connectivity index (χ2v) is 5.94. The number of thioether (sulfide) groups is 1. The largest absolute Gasteiger partial charge is 0.494 e. The topological polar surface area (TPSA) is 22.1 Å². The van der Waals surface area contributed by atoms with Crippen LogP contribution in [0.4, 0.5) is 0 Å². The van der Waals surface area contributed by atoms with Crippen molar-refractivity contribution in [3.8, 4) is 5.75 Å². The number of fused-ring (bicyclic) bond motifs is 3. The number of methoxy groups -OCH3 is 1. The van der Waals surface area contributed by atoms with Crippen molar-refractivity contribution in [2.24, 2.45) is 0 Å². The summed E-state index contributed by atoms with van der Waals surface area (Å²) in [7, 11) is 1.70. The van der Waals surface area contributed by atoms with Gasteiger partial charge in [0.2, 0.25) is 0 Å². The average Bonchev–Trinajstić information content (AvgIpc) is 2.71. The third-order valence-electron chi connectivity index (χ3n) is 3.26. The Morgan fingerprint density at radius 2 is 2.24 bits per heavy atom. The second kappa shape index (κ2) is 3.91. The van der Waals surface area contributed by atoms with Gasteiger partial charge in [0, 0.05) is 21.2 Å². The highest BCUT2D eigenvalue weighted by Crippen LogP contribution is 2.43. The lowest BCUT2D eigenvalue weighted by Crippen LogP contribution is -1.97. The zero-order valence-electron chi connectivity index (χ0n) is 10.3. The van der Waals surface area contributed by atoms with E-state index in [-0.39, 0.29) is 0 Å². The lowest BCUT2D eigenvalue weighted by Gasteiger charge is -2.10. The standard InChI is InChI=1S/C14H15NOS/c1-8-7-11-9(2)15-13-10(14(11)17-8)5-4-6-12(13)16-3/h4-6,8H,7H2,1-3H3/t8-/m1/s1. The van der Waals surface area contributed by atoms with Crippen molar-refractivity contribution in [3.63, 3.8) is 0 Å². The van der Waals surface area contributed by atoms with Crippen LogP contribution in [-0.4, -0.2) is 17.3 Å². The van der Waals surface area contributed by atoms with E-state index >= 15 is 0 Å². The minimum Gasteiger partial charge on any atom is -0.494 e. The first kappa shape index (κ1) is 10.9. The molecule has 0 fully saturated rings. The van der Waals surface area contributed by atoms with Gasteiger partial charge in [-0.25, -0.2) is 4.98 Å². The fourth-order valence-corrected chi connectivity index (χ4v) is 3.77. The smallest absolute Gasteiger partial charge is 0.145 e. The zero-order chi connectivity index (χ0) is 12.0. The Balaban J connectivity index is 2.37. The van der Waals surface area contributed by atoms with Gasteiger partial charge in [-0.1, -0.05) is 19.1 Å². The zero-order valence-corrected chi connectivity index (χ0v) is 11.1. The van der Waals surface area contributed by atoms with Gasteiger partial charge in [0.05, 0.1) is 7.11 Å². The van der Waals surface area contributed by atoms with E-state index in [9.17, 15) is 0 Å². The van der Waals surface area contributed by atoms with Crippen LogP contribution in [-0.2, 0) is 6.42 Å². The Hall–Kier alpha value is -1.22. The first-order chi connectivity index (χ1) is 8.20. The number of nitrogens with zero attached hydrogens (tertiary/aromatic N) is 1. The van der Waals surface area contributed by atoms with Gasteiger partial charge >= 0.3 is 0 Å². The predicted octanol–water partition coefficient (Wildman–Crippen LogP) is 3.59. The summed E-state index contributed by atoms with van der Waals surface area (Å²) in [5.41, 5.74) is 3.56. The van der Waals surface area contributed by atoms with Crippen LogP contribution in [0.2, 0.25) is 0 Å². The molecular weight excluding hydrogens is 230 g/mol. The van der Waals surface area contributed by atoms with Gasteiger partial charge in [0.1, 0.15) is 11.3 Å². The summed E-state index contributed by atoms with van der Waals surface area (Å²) in [6.07, 6.45) is 1.13. The summed E-state index contributed by atoms with van der Waals surface area (Å²) in [4.78, 5) is 6.12. The van der Waals surface area contributed by atoms with E-state index in [1.165, 1.54) is 15.8 Å². The quantitative estimate of drug-likeness (QED) is 0.766. The summed E-state index contributed by atoms with van der Waals surface area (Å²) < 4.78 is 5.40. The van der Waals surface area contributed by atoms with Gasteiger partial charge in [-0.15, -0.1) is 11.8 Å². The molecule has 2 nitrogen and oxygen atoms in total. The van der Waals surface area contributed by atoms with Crippen LogP contribution in [0.25, 0.3) is 10.9 Å². The third-order valence-corrected chi connectivity index (χ3v) is 4.54. The molecule has 0 aliphatic carbocycles.